The molecule has 0 bridgehead atoms. The number of hydrogen-bond donors (Lipinski definition) is 0. The van der Waals surface area contributed by atoms with Gasteiger partial charge in [0.2, 0.25) is 0 Å². The molecule has 0 saturated carbocycles. The molecule has 0 atom stereocenters. The summed E-state index contributed by atoms with van der Waals surface area (Å²) in [6.45, 7) is 2.06. The Morgan fingerprint density at radius 1 is 1.29 bits per heavy atom. The standard InChI is InChI=1S/C18H12ClN3OS/c1-11-17(12-4-6-13(19)7-5-12)22-14(8-9-20)16(21-18(22)24-11)15-3-2-10-23-15/h2-7,10H,8H2,1H3. The van der Waals surface area contributed by atoms with Crippen LogP contribution in [0.1, 0.15) is 10.6 Å². The highest BCUT2D eigenvalue weighted by molar-refractivity contribution is 7.17. The summed E-state index contributed by atoms with van der Waals surface area (Å²) >= 11 is 7.62. The van der Waals surface area contributed by atoms with Crippen molar-refractivity contribution < 1.29 is 4.42 Å². The zero-order valence-electron chi connectivity index (χ0n) is 12.8. The van der Waals surface area contributed by atoms with Crippen LogP contribution in [0.25, 0.3) is 27.7 Å². The molecule has 0 radical (unpaired) electrons. The molecule has 4 aromatic rings. The number of benzene rings is 1. The zero-order valence-corrected chi connectivity index (χ0v) is 14.4. The summed E-state index contributed by atoms with van der Waals surface area (Å²) in [4.78, 5) is 6.71. The molecule has 0 aliphatic heterocycles. The molecule has 3 heterocycles. The Kier molecular flexibility index (Phi) is 3.64. The first-order chi connectivity index (χ1) is 11.7. The van der Waals surface area contributed by atoms with Crippen LogP contribution in [0, 0.1) is 18.3 Å². The molecule has 4 nitrogen and oxygen atoms in total. The third-order valence-corrected chi connectivity index (χ3v) is 5.07. The second-order valence-electron chi connectivity index (χ2n) is 5.35. The number of imidazole rings is 1. The Labute approximate surface area is 147 Å². The number of furan rings is 1. The molecule has 4 rings (SSSR count). The Balaban J connectivity index is 2.02. The summed E-state index contributed by atoms with van der Waals surface area (Å²) in [5, 5.41) is 9.98. The topological polar surface area (TPSA) is 54.2 Å². The smallest absolute Gasteiger partial charge is 0.195 e. The predicted octanol–water partition coefficient (Wildman–Crippen LogP) is 5.35. The SMILES string of the molecule is Cc1sc2nc(-c3ccco3)c(CC#N)n2c1-c1ccc(Cl)cc1. The number of hydrogen-bond acceptors (Lipinski definition) is 4. The number of aromatic nitrogens is 2. The summed E-state index contributed by atoms with van der Waals surface area (Å²) < 4.78 is 7.56. The van der Waals surface area contributed by atoms with E-state index in [1.54, 1.807) is 17.6 Å². The summed E-state index contributed by atoms with van der Waals surface area (Å²) in [5.41, 5.74) is 3.66. The van der Waals surface area contributed by atoms with Crippen molar-refractivity contribution in [1.29, 1.82) is 5.26 Å². The van der Waals surface area contributed by atoms with Crippen molar-refractivity contribution in [2.24, 2.45) is 0 Å². The van der Waals surface area contributed by atoms with Crippen LogP contribution >= 0.6 is 22.9 Å². The van der Waals surface area contributed by atoms with Crippen LogP contribution < -0.4 is 0 Å². The first-order valence-electron chi connectivity index (χ1n) is 7.36. The van der Waals surface area contributed by atoms with Crippen molar-refractivity contribution in [2.75, 3.05) is 0 Å². The molecule has 0 fully saturated rings. The minimum atomic E-state index is 0.258. The van der Waals surface area contributed by atoms with Crippen LogP contribution in [0.15, 0.2) is 47.1 Å². The first kappa shape index (κ1) is 15.0. The fourth-order valence-corrected chi connectivity index (χ4v) is 4.00. The van der Waals surface area contributed by atoms with E-state index in [0.717, 1.165) is 32.5 Å². The number of thiazole rings is 1. The predicted molar refractivity (Wildman–Crippen MR) is 95.3 cm³/mol. The number of nitriles is 1. The van der Waals surface area contributed by atoms with Crippen molar-refractivity contribution in [2.45, 2.75) is 13.3 Å². The minimum Gasteiger partial charge on any atom is -0.463 e. The van der Waals surface area contributed by atoms with Gasteiger partial charge in [0.1, 0.15) is 5.69 Å². The number of halogens is 1. The van der Waals surface area contributed by atoms with E-state index in [-0.39, 0.29) is 6.42 Å². The largest absolute Gasteiger partial charge is 0.463 e. The Morgan fingerprint density at radius 3 is 2.75 bits per heavy atom. The van der Waals surface area contributed by atoms with Gasteiger partial charge in [-0.25, -0.2) is 4.98 Å². The molecule has 0 aliphatic carbocycles. The maximum atomic E-state index is 9.29. The fourth-order valence-electron chi connectivity index (χ4n) is 2.86. The lowest BCUT2D eigenvalue weighted by Crippen LogP contribution is -1.95. The van der Waals surface area contributed by atoms with Gasteiger partial charge >= 0.3 is 0 Å². The van der Waals surface area contributed by atoms with Crippen LogP contribution in [0.2, 0.25) is 5.02 Å². The van der Waals surface area contributed by atoms with Gasteiger partial charge in [0, 0.05) is 9.90 Å². The van der Waals surface area contributed by atoms with E-state index in [4.69, 9.17) is 21.0 Å². The molecule has 1 aromatic carbocycles. The maximum Gasteiger partial charge on any atom is 0.195 e. The highest BCUT2D eigenvalue weighted by Crippen LogP contribution is 2.36. The lowest BCUT2D eigenvalue weighted by molar-refractivity contribution is 0.580. The van der Waals surface area contributed by atoms with Gasteiger partial charge in [-0.2, -0.15) is 5.26 Å². The van der Waals surface area contributed by atoms with Crippen LogP contribution in [-0.4, -0.2) is 9.38 Å². The monoisotopic (exact) mass is 353 g/mol. The van der Waals surface area contributed by atoms with Crippen LogP contribution in [0.3, 0.4) is 0 Å². The van der Waals surface area contributed by atoms with Crippen molar-refractivity contribution in [3.63, 3.8) is 0 Å². The third-order valence-electron chi connectivity index (χ3n) is 3.86. The quantitative estimate of drug-likeness (QED) is 0.498. The van der Waals surface area contributed by atoms with Gasteiger partial charge in [-0.3, -0.25) is 4.40 Å². The molecule has 118 valence electrons. The molecule has 24 heavy (non-hydrogen) atoms. The molecular weight excluding hydrogens is 342 g/mol. The van der Waals surface area contributed by atoms with Crippen LogP contribution in [0.4, 0.5) is 0 Å². The molecule has 0 aliphatic rings. The molecule has 0 saturated heterocycles. The third kappa shape index (κ3) is 2.32. The van der Waals surface area contributed by atoms with E-state index in [0.29, 0.717) is 10.8 Å². The van der Waals surface area contributed by atoms with Crippen molar-refractivity contribution in [1.82, 2.24) is 9.38 Å². The molecule has 0 N–H and O–H groups in total. The van der Waals surface area contributed by atoms with Gasteiger partial charge < -0.3 is 4.42 Å². The Bertz CT molecular complexity index is 1050. The molecule has 0 unspecified atom stereocenters. The van der Waals surface area contributed by atoms with E-state index in [2.05, 4.69) is 17.4 Å². The van der Waals surface area contributed by atoms with Gasteiger partial charge in [-0.15, -0.1) is 11.3 Å². The number of fused-ring (bicyclic) bond motifs is 1. The lowest BCUT2D eigenvalue weighted by atomic mass is 10.1. The summed E-state index contributed by atoms with van der Waals surface area (Å²) in [6.07, 6.45) is 1.87. The van der Waals surface area contributed by atoms with E-state index in [1.165, 1.54) is 0 Å². The molecule has 3 aromatic heterocycles. The van der Waals surface area contributed by atoms with E-state index in [1.807, 2.05) is 36.4 Å². The number of nitrogens with zero attached hydrogens (tertiary/aromatic N) is 3. The molecular formula is C18H12ClN3OS. The average Bonchev–Trinajstić information content (AvgIpc) is 3.26. The highest BCUT2D eigenvalue weighted by atomic mass is 35.5. The van der Waals surface area contributed by atoms with Gasteiger partial charge in [0.15, 0.2) is 10.7 Å². The second-order valence-corrected chi connectivity index (χ2v) is 6.97. The van der Waals surface area contributed by atoms with E-state index < -0.39 is 0 Å². The van der Waals surface area contributed by atoms with Crippen molar-refractivity contribution >= 4 is 27.9 Å². The number of rotatable bonds is 3. The lowest BCUT2D eigenvalue weighted by Gasteiger charge is -2.06. The highest BCUT2D eigenvalue weighted by Gasteiger charge is 2.22. The van der Waals surface area contributed by atoms with Crippen LogP contribution in [0.5, 0.6) is 0 Å². The fraction of sp³-hybridized carbons (Fsp3) is 0.111. The normalized spacial score (nSPS) is 11.0. The molecule has 0 amide bonds. The van der Waals surface area contributed by atoms with E-state index in [9.17, 15) is 5.26 Å². The first-order valence-corrected chi connectivity index (χ1v) is 8.56. The average molecular weight is 354 g/mol. The van der Waals surface area contributed by atoms with Gasteiger partial charge in [0.25, 0.3) is 0 Å². The maximum absolute atomic E-state index is 9.29. The van der Waals surface area contributed by atoms with Crippen LogP contribution in [-0.2, 0) is 6.42 Å². The molecule has 0 spiro atoms. The second kappa shape index (κ2) is 5.82. The molecule has 6 heteroatoms. The zero-order chi connectivity index (χ0) is 16.7. The van der Waals surface area contributed by atoms with E-state index >= 15 is 0 Å². The summed E-state index contributed by atoms with van der Waals surface area (Å²) in [7, 11) is 0. The summed E-state index contributed by atoms with van der Waals surface area (Å²) in [6, 6.07) is 13.6. The van der Waals surface area contributed by atoms with Gasteiger partial charge in [0.05, 0.1) is 30.1 Å². The Morgan fingerprint density at radius 2 is 2.08 bits per heavy atom. The summed E-state index contributed by atoms with van der Waals surface area (Å²) in [5.74, 6) is 0.677. The van der Waals surface area contributed by atoms with Crippen molar-refractivity contribution in [3.8, 4) is 28.8 Å². The minimum absolute atomic E-state index is 0.258. The van der Waals surface area contributed by atoms with Crippen molar-refractivity contribution in [3.05, 3.63) is 58.3 Å². The van der Waals surface area contributed by atoms with Gasteiger partial charge in [-0.05, 0) is 36.8 Å². The number of aryl methyl sites for hydroxylation is 1. The Hall–Kier alpha value is -2.55. The van der Waals surface area contributed by atoms with Gasteiger partial charge in [-0.1, -0.05) is 23.7 Å².